The topological polar surface area (TPSA) is 38.3 Å². The highest BCUT2D eigenvalue weighted by Gasteiger charge is 2.14. The van der Waals surface area contributed by atoms with Gasteiger partial charge in [0.25, 0.3) is 0 Å². The fraction of sp³-hybridized carbons (Fsp3) is 0.889. The van der Waals surface area contributed by atoms with Gasteiger partial charge in [-0.2, -0.15) is 0 Å². The molecule has 1 saturated heterocycles. The van der Waals surface area contributed by atoms with E-state index in [1.54, 1.807) is 0 Å². The molecule has 1 unspecified atom stereocenters. The van der Waals surface area contributed by atoms with Gasteiger partial charge in [0.05, 0.1) is 13.5 Å². The molecular formula is C9H17NO2. The van der Waals surface area contributed by atoms with Crippen molar-refractivity contribution in [3.05, 3.63) is 0 Å². The second-order valence-electron chi connectivity index (χ2n) is 3.28. The lowest BCUT2D eigenvalue weighted by molar-refractivity contribution is -0.141. The van der Waals surface area contributed by atoms with Crippen LogP contribution in [0.3, 0.4) is 0 Å². The van der Waals surface area contributed by atoms with Crippen LogP contribution in [-0.2, 0) is 9.53 Å². The summed E-state index contributed by atoms with van der Waals surface area (Å²) < 4.78 is 4.61. The van der Waals surface area contributed by atoms with Gasteiger partial charge in [0.2, 0.25) is 0 Å². The summed E-state index contributed by atoms with van der Waals surface area (Å²) in [4.78, 5) is 10.9. The molecule has 0 amide bonds. The molecule has 0 aromatic rings. The van der Waals surface area contributed by atoms with Crippen molar-refractivity contribution in [2.45, 2.75) is 38.1 Å². The molecule has 3 heteroatoms. The normalized spacial score (nSPS) is 24.6. The van der Waals surface area contributed by atoms with Crippen molar-refractivity contribution in [2.24, 2.45) is 0 Å². The monoisotopic (exact) mass is 171 g/mol. The molecule has 3 nitrogen and oxygen atoms in total. The molecule has 1 N–H and O–H groups in total. The van der Waals surface area contributed by atoms with Crippen LogP contribution in [0, 0.1) is 0 Å². The van der Waals surface area contributed by atoms with Crippen molar-refractivity contribution in [1.29, 1.82) is 0 Å². The van der Waals surface area contributed by atoms with Crippen LogP contribution in [0.1, 0.15) is 32.1 Å². The average molecular weight is 171 g/mol. The summed E-state index contributed by atoms with van der Waals surface area (Å²) in [6.07, 6.45) is 5.38. The summed E-state index contributed by atoms with van der Waals surface area (Å²) in [5.41, 5.74) is 0. The zero-order valence-corrected chi connectivity index (χ0v) is 7.64. The van der Waals surface area contributed by atoms with Gasteiger partial charge in [-0.25, -0.2) is 0 Å². The molecular weight excluding hydrogens is 154 g/mol. The van der Waals surface area contributed by atoms with Gasteiger partial charge >= 0.3 is 5.97 Å². The molecule has 0 spiro atoms. The number of esters is 1. The number of hydrogen-bond donors (Lipinski definition) is 1. The number of nitrogens with one attached hydrogen (secondary N) is 1. The van der Waals surface area contributed by atoms with E-state index in [0.29, 0.717) is 12.5 Å². The molecule has 70 valence electrons. The van der Waals surface area contributed by atoms with Crippen LogP contribution in [0.5, 0.6) is 0 Å². The average Bonchev–Trinajstić information content (AvgIpc) is 2.33. The van der Waals surface area contributed by atoms with E-state index in [1.165, 1.54) is 26.4 Å². The summed E-state index contributed by atoms with van der Waals surface area (Å²) in [6.45, 7) is 1.04. The zero-order chi connectivity index (χ0) is 8.81. The van der Waals surface area contributed by atoms with Crippen molar-refractivity contribution in [1.82, 2.24) is 5.32 Å². The van der Waals surface area contributed by atoms with Crippen LogP contribution in [0.15, 0.2) is 0 Å². The van der Waals surface area contributed by atoms with Gasteiger partial charge in [-0.1, -0.05) is 12.8 Å². The number of methoxy groups -OCH3 is 1. The summed E-state index contributed by atoms with van der Waals surface area (Å²) in [5.74, 6) is -0.102. The zero-order valence-electron chi connectivity index (χ0n) is 7.64. The second kappa shape index (κ2) is 5.14. The first-order valence-electron chi connectivity index (χ1n) is 4.63. The maximum atomic E-state index is 10.9. The van der Waals surface area contributed by atoms with Crippen LogP contribution in [0.25, 0.3) is 0 Å². The number of rotatable bonds is 2. The largest absolute Gasteiger partial charge is 0.469 e. The van der Waals surface area contributed by atoms with E-state index >= 15 is 0 Å². The van der Waals surface area contributed by atoms with E-state index in [4.69, 9.17) is 0 Å². The second-order valence-corrected chi connectivity index (χ2v) is 3.28. The number of hydrogen-bond acceptors (Lipinski definition) is 3. The lowest BCUT2D eigenvalue weighted by atomic mass is 10.1. The molecule has 1 rings (SSSR count). The Bertz CT molecular complexity index is 139. The van der Waals surface area contributed by atoms with Gasteiger partial charge in [-0.15, -0.1) is 0 Å². The Balaban J connectivity index is 2.24. The van der Waals surface area contributed by atoms with Gasteiger partial charge in [-0.05, 0) is 19.4 Å². The first-order chi connectivity index (χ1) is 5.83. The van der Waals surface area contributed by atoms with Crippen LogP contribution in [0.2, 0.25) is 0 Å². The molecule has 12 heavy (non-hydrogen) atoms. The molecule has 0 bridgehead atoms. The minimum absolute atomic E-state index is 0.102. The van der Waals surface area contributed by atoms with Crippen LogP contribution in [-0.4, -0.2) is 25.7 Å². The Hall–Kier alpha value is -0.570. The Morgan fingerprint density at radius 3 is 3.08 bits per heavy atom. The molecule has 1 aliphatic heterocycles. The van der Waals surface area contributed by atoms with Crippen molar-refractivity contribution < 1.29 is 9.53 Å². The molecule has 0 aliphatic carbocycles. The summed E-state index contributed by atoms with van der Waals surface area (Å²) in [6, 6.07) is 0.347. The third-order valence-corrected chi connectivity index (χ3v) is 2.30. The SMILES string of the molecule is COC(=O)CC1CCCCCN1. The van der Waals surface area contributed by atoms with Gasteiger partial charge in [-0.3, -0.25) is 4.79 Å². The predicted molar refractivity (Wildman–Crippen MR) is 46.9 cm³/mol. The lowest BCUT2D eigenvalue weighted by Crippen LogP contribution is -2.30. The number of carbonyl (C=O) groups excluding carboxylic acids is 1. The highest BCUT2D eigenvalue weighted by atomic mass is 16.5. The molecule has 0 aromatic heterocycles. The molecule has 1 aliphatic rings. The standard InChI is InChI=1S/C9H17NO2/c1-12-9(11)7-8-5-3-2-4-6-10-8/h8,10H,2-7H2,1H3. The van der Waals surface area contributed by atoms with Crippen LogP contribution in [0.4, 0.5) is 0 Å². The van der Waals surface area contributed by atoms with Crippen molar-refractivity contribution in [2.75, 3.05) is 13.7 Å². The third-order valence-electron chi connectivity index (χ3n) is 2.30. The highest BCUT2D eigenvalue weighted by Crippen LogP contribution is 2.11. The Morgan fingerprint density at radius 1 is 1.50 bits per heavy atom. The van der Waals surface area contributed by atoms with Gasteiger partial charge in [0.15, 0.2) is 0 Å². The van der Waals surface area contributed by atoms with E-state index < -0.39 is 0 Å². The van der Waals surface area contributed by atoms with E-state index in [1.807, 2.05) is 0 Å². The smallest absolute Gasteiger partial charge is 0.307 e. The van der Waals surface area contributed by atoms with Crippen LogP contribution < -0.4 is 5.32 Å². The fourth-order valence-corrected chi connectivity index (χ4v) is 1.56. The summed E-state index contributed by atoms with van der Waals surface area (Å²) >= 11 is 0. The molecule has 0 radical (unpaired) electrons. The minimum atomic E-state index is -0.102. The molecule has 1 heterocycles. The predicted octanol–water partition coefficient (Wildman–Crippen LogP) is 1.08. The summed E-state index contributed by atoms with van der Waals surface area (Å²) in [5, 5.41) is 3.35. The van der Waals surface area contributed by atoms with E-state index in [9.17, 15) is 4.79 Å². The Morgan fingerprint density at radius 2 is 2.33 bits per heavy atom. The maximum Gasteiger partial charge on any atom is 0.307 e. The molecule has 1 fully saturated rings. The lowest BCUT2D eigenvalue weighted by Gasteiger charge is -2.13. The van der Waals surface area contributed by atoms with Crippen LogP contribution >= 0.6 is 0 Å². The van der Waals surface area contributed by atoms with Crippen molar-refractivity contribution >= 4 is 5.97 Å². The fourth-order valence-electron chi connectivity index (χ4n) is 1.56. The Kier molecular flexibility index (Phi) is 4.08. The van der Waals surface area contributed by atoms with Gasteiger partial charge in [0, 0.05) is 6.04 Å². The number of carbonyl (C=O) groups is 1. The van der Waals surface area contributed by atoms with Gasteiger partial charge in [0.1, 0.15) is 0 Å². The first-order valence-corrected chi connectivity index (χ1v) is 4.63. The van der Waals surface area contributed by atoms with E-state index in [0.717, 1.165) is 13.0 Å². The highest BCUT2D eigenvalue weighted by molar-refractivity contribution is 5.69. The van der Waals surface area contributed by atoms with Crippen molar-refractivity contribution in [3.63, 3.8) is 0 Å². The van der Waals surface area contributed by atoms with E-state index in [-0.39, 0.29) is 5.97 Å². The molecule has 0 saturated carbocycles. The van der Waals surface area contributed by atoms with Crippen molar-refractivity contribution in [3.8, 4) is 0 Å². The summed E-state index contributed by atoms with van der Waals surface area (Å²) in [7, 11) is 1.44. The number of ether oxygens (including phenoxy) is 1. The minimum Gasteiger partial charge on any atom is -0.469 e. The van der Waals surface area contributed by atoms with E-state index in [2.05, 4.69) is 10.1 Å². The molecule has 1 atom stereocenters. The quantitative estimate of drug-likeness (QED) is 0.632. The third kappa shape index (κ3) is 3.22. The first kappa shape index (κ1) is 9.52. The van der Waals surface area contributed by atoms with Gasteiger partial charge < -0.3 is 10.1 Å². The molecule has 0 aromatic carbocycles. The Labute approximate surface area is 73.5 Å². The maximum absolute atomic E-state index is 10.9.